The van der Waals surface area contributed by atoms with Gasteiger partial charge in [-0.1, -0.05) is 6.07 Å². The smallest absolute Gasteiger partial charge is 0.121 e. The first-order chi connectivity index (χ1) is 8.97. The summed E-state index contributed by atoms with van der Waals surface area (Å²) in [7, 11) is 0. The van der Waals surface area contributed by atoms with E-state index in [9.17, 15) is 5.11 Å². The molecule has 1 aromatic carbocycles. The maximum absolute atomic E-state index is 10.1. The predicted molar refractivity (Wildman–Crippen MR) is 77.2 cm³/mol. The summed E-state index contributed by atoms with van der Waals surface area (Å²) >= 11 is 0. The maximum Gasteiger partial charge on any atom is 0.121 e. The average molecular weight is 264 g/mol. The van der Waals surface area contributed by atoms with Crippen molar-refractivity contribution in [3.05, 3.63) is 24.3 Å². The van der Waals surface area contributed by atoms with E-state index in [-0.39, 0.29) is 5.54 Å². The van der Waals surface area contributed by atoms with Crippen LogP contribution in [0.1, 0.15) is 26.7 Å². The average Bonchev–Trinajstić information content (AvgIpc) is 2.66. The van der Waals surface area contributed by atoms with Gasteiger partial charge in [0.15, 0.2) is 0 Å². The third-order valence-corrected chi connectivity index (χ3v) is 3.80. The first-order valence-electron chi connectivity index (χ1n) is 6.89. The first-order valence-corrected chi connectivity index (χ1v) is 6.89. The van der Waals surface area contributed by atoms with Crippen LogP contribution in [0.5, 0.6) is 5.75 Å². The highest BCUT2D eigenvalue weighted by Crippen LogP contribution is 2.28. The van der Waals surface area contributed by atoms with E-state index in [1.807, 2.05) is 18.2 Å². The molecule has 0 aromatic heterocycles. The molecule has 1 saturated heterocycles. The summed E-state index contributed by atoms with van der Waals surface area (Å²) in [5.41, 5.74) is 6.55. The van der Waals surface area contributed by atoms with Crippen molar-refractivity contribution < 1.29 is 9.84 Å². The Labute approximate surface area is 115 Å². The third kappa shape index (κ3) is 3.85. The number of likely N-dealkylation sites (tertiary alicyclic amines) is 1. The molecule has 2 rings (SSSR count). The molecule has 0 saturated carbocycles. The van der Waals surface area contributed by atoms with Crippen LogP contribution >= 0.6 is 0 Å². The van der Waals surface area contributed by atoms with Crippen molar-refractivity contribution in [3.8, 4) is 5.75 Å². The summed E-state index contributed by atoms with van der Waals surface area (Å²) in [4.78, 5) is 2.33. The molecule has 0 aliphatic carbocycles. The zero-order valence-electron chi connectivity index (χ0n) is 11.8. The second-order valence-electron chi connectivity index (χ2n) is 5.90. The highest BCUT2D eigenvalue weighted by atomic mass is 16.5. The van der Waals surface area contributed by atoms with Crippen molar-refractivity contribution in [2.45, 2.75) is 38.3 Å². The molecule has 19 heavy (non-hydrogen) atoms. The zero-order chi connectivity index (χ0) is 13.9. The van der Waals surface area contributed by atoms with Gasteiger partial charge < -0.3 is 15.6 Å². The molecule has 1 fully saturated rings. The molecule has 0 radical (unpaired) electrons. The highest BCUT2D eigenvalue weighted by molar-refractivity contribution is 5.43. The van der Waals surface area contributed by atoms with Crippen molar-refractivity contribution in [2.24, 2.45) is 0 Å². The van der Waals surface area contributed by atoms with Crippen molar-refractivity contribution >= 4 is 5.69 Å². The minimum Gasteiger partial charge on any atom is -0.491 e. The van der Waals surface area contributed by atoms with Crippen molar-refractivity contribution in [2.75, 3.05) is 25.4 Å². The number of nitrogen functional groups attached to an aromatic ring is 1. The number of ether oxygens (including phenoxy) is 1. The number of nitrogens with zero attached hydrogens (tertiary/aromatic N) is 1. The van der Waals surface area contributed by atoms with Gasteiger partial charge in [0.1, 0.15) is 18.5 Å². The zero-order valence-corrected chi connectivity index (χ0v) is 11.8. The summed E-state index contributed by atoms with van der Waals surface area (Å²) in [6.07, 6.45) is 1.92. The molecule has 1 heterocycles. The Bertz CT molecular complexity index is 420. The molecule has 0 bridgehead atoms. The molecule has 1 unspecified atom stereocenters. The monoisotopic (exact) mass is 264 g/mol. The Morgan fingerprint density at radius 2 is 2.26 bits per heavy atom. The van der Waals surface area contributed by atoms with E-state index in [0.717, 1.165) is 6.54 Å². The van der Waals surface area contributed by atoms with E-state index in [4.69, 9.17) is 10.5 Å². The van der Waals surface area contributed by atoms with Crippen LogP contribution in [0.2, 0.25) is 0 Å². The lowest BCUT2D eigenvalue weighted by molar-refractivity contribution is 0.0464. The van der Waals surface area contributed by atoms with Gasteiger partial charge in [-0.15, -0.1) is 0 Å². The van der Waals surface area contributed by atoms with Gasteiger partial charge in [-0.05, 0) is 45.4 Å². The first kappa shape index (κ1) is 14.2. The van der Waals surface area contributed by atoms with Gasteiger partial charge >= 0.3 is 0 Å². The van der Waals surface area contributed by atoms with Crippen LogP contribution in [-0.4, -0.2) is 41.3 Å². The number of anilines is 1. The standard InChI is InChI=1S/C15H24N2O2/c1-15(2)7-4-8-17(15)10-13(18)11-19-14-6-3-5-12(16)9-14/h3,5-6,9,13,18H,4,7-8,10-11,16H2,1-2H3. The molecule has 1 atom stereocenters. The van der Waals surface area contributed by atoms with E-state index in [1.54, 1.807) is 6.07 Å². The minimum absolute atomic E-state index is 0.193. The molecule has 3 N–H and O–H groups in total. The Morgan fingerprint density at radius 1 is 1.47 bits per heavy atom. The Balaban J connectivity index is 1.80. The fourth-order valence-corrected chi connectivity index (χ4v) is 2.61. The quantitative estimate of drug-likeness (QED) is 0.797. The van der Waals surface area contributed by atoms with Crippen LogP contribution in [0.25, 0.3) is 0 Å². The lowest BCUT2D eigenvalue weighted by Gasteiger charge is -2.33. The van der Waals surface area contributed by atoms with E-state index in [1.165, 1.54) is 12.8 Å². The van der Waals surface area contributed by atoms with Crippen molar-refractivity contribution in [1.29, 1.82) is 0 Å². The molecule has 4 heteroatoms. The Kier molecular flexibility index (Phi) is 4.32. The van der Waals surface area contributed by atoms with Crippen LogP contribution in [0.3, 0.4) is 0 Å². The van der Waals surface area contributed by atoms with Gasteiger partial charge in [-0.25, -0.2) is 0 Å². The van der Waals surface area contributed by atoms with E-state index >= 15 is 0 Å². The number of nitrogens with two attached hydrogens (primary N) is 1. The summed E-state index contributed by atoms with van der Waals surface area (Å²) < 4.78 is 5.57. The van der Waals surface area contributed by atoms with E-state index in [0.29, 0.717) is 24.6 Å². The predicted octanol–water partition coefficient (Wildman–Crippen LogP) is 1.88. The number of hydrogen-bond acceptors (Lipinski definition) is 4. The Morgan fingerprint density at radius 3 is 2.89 bits per heavy atom. The molecular weight excluding hydrogens is 240 g/mol. The largest absolute Gasteiger partial charge is 0.491 e. The number of rotatable bonds is 5. The second-order valence-corrected chi connectivity index (χ2v) is 5.90. The Hall–Kier alpha value is -1.26. The molecule has 1 aromatic rings. The lowest BCUT2D eigenvalue weighted by atomic mass is 10.0. The molecular formula is C15H24N2O2. The number of hydrogen-bond donors (Lipinski definition) is 2. The van der Waals surface area contributed by atoms with Gasteiger partial charge in [-0.2, -0.15) is 0 Å². The highest BCUT2D eigenvalue weighted by Gasteiger charge is 2.32. The van der Waals surface area contributed by atoms with E-state index in [2.05, 4.69) is 18.7 Å². The van der Waals surface area contributed by atoms with E-state index < -0.39 is 6.10 Å². The molecule has 4 nitrogen and oxygen atoms in total. The topological polar surface area (TPSA) is 58.7 Å². The maximum atomic E-state index is 10.1. The van der Waals surface area contributed by atoms with Crippen LogP contribution in [0.4, 0.5) is 5.69 Å². The van der Waals surface area contributed by atoms with Crippen LogP contribution in [0, 0.1) is 0 Å². The van der Waals surface area contributed by atoms with Gasteiger partial charge in [0, 0.05) is 23.8 Å². The molecule has 1 aliphatic heterocycles. The second kappa shape index (κ2) is 5.80. The summed E-state index contributed by atoms with van der Waals surface area (Å²) in [6.45, 7) is 6.48. The van der Waals surface area contributed by atoms with Crippen LogP contribution in [-0.2, 0) is 0 Å². The van der Waals surface area contributed by atoms with Gasteiger partial charge in [-0.3, -0.25) is 4.90 Å². The SMILES string of the molecule is CC1(C)CCCN1CC(O)COc1cccc(N)c1. The van der Waals surface area contributed by atoms with Gasteiger partial charge in [0.05, 0.1) is 0 Å². The minimum atomic E-state index is -0.473. The fourth-order valence-electron chi connectivity index (χ4n) is 2.61. The van der Waals surface area contributed by atoms with Gasteiger partial charge in [0.2, 0.25) is 0 Å². The number of aliphatic hydroxyl groups excluding tert-OH is 1. The molecule has 0 spiro atoms. The summed E-state index contributed by atoms with van der Waals surface area (Å²) in [6, 6.07) is 7.28. The van der Waals surface area contributed by atoms with Crippen molar-refractivity contribution in [3.63, 3.8) is 0 Å². The lowest BCUT2D eigenvalue weighted by Crippen LogP contribution is -2.44. The van der Waals surface area contributed by atoms with Crippen molar-refractivity contribution in [1.82, 2.24) is 4.90 Å². The molecule has 0 amide bonds. The number of aliphatic hydroxyl groups is 1. The summed E-state index contributed by atoms with van der Waals surface area (Å²) in [5, 5.41) is 10.1. The number of β-amino-alcohol motifs (C(OH)–C–C–N with tert-alkyl or cyclic N) is 1. The van der Waals surface area contributed by atoms with Gasteiger partial charge in [0.25, 0.3) is 0 Å². The van der Waals surface area contributed by atoms with Crippen LogP contribution in [0.15, 0.2) is 24.3 Å². The molecule has 1 aliphatic rings. The third-order valence-electron chi connectivity index (χ3n) is 3.80. The van der Waals surface area contributed by atoms with Crippen LogP contribution < -0.4 is 10.5 Å². The summed E-state index contributed by atoms with van der Waals surface area (Å²) in [5.74, 6) is 0.708. The number of benzene rings is 1. The molecule has 106 valence electrons. The fraction of sp³-hybridized carbons (Fsp3) is 0.600. The normalized spacial score (nSPS) is 20.4.